The lowest BCUT2D eigenvalue weighted by molar-refractivity contribution is 0.0712. The van der Waals surface area contributed by atoms with Gasteiger partial charge in [0.1, 0.15) is 0 Å². The van der Waals surface area contributed by atoms with Crippen molar-refractivity contribution in [1.29, 1.82) is 0 Å². The minimum absolute atomic E-state index is 0.568. The van der Waals surface area contributed by atoms with Crippen molar-refractivity contribution < 1.29 is 18.1 Å². The molecule has 0 amide bonds. The quantitative estimate of drug-likeness (QED) is 0.219. The first-order valence-electron chi connectivity index (χ1n) is 9.23. The smallest absolute Gasteiger partial charge is 0.374 e. The fourth-order valence-electron chi connectivity index (χ4n) is 2.43. The van der Waals surface area contributed by atoms with E-state index in [1.54, 1.807) is 11.8 Å². The SMILES string of the molecule is CCCCCCCC(=[OH+])SCCC[Si](OCC)(OCC)OCC. The predicted molar refractivity (Wildman–Crippen MR) is 103 cm³/mol. The van der Waals surface area contributed by atoms with E-state index in [0.717, 1.165) is 31.1 Å². The molecule has 1 N–H and O–H groups in total. The van der Waals surface area contributed by atoms with Gasteiger partial charge in [-0.2, -0.15) is 0 Å². The molecule has 0 unspecified atom stereocenters. The molecular weight excluding hydrogens is 328 g/mol. The standard InChI is InChI=1S/C17H36O4SSi/c1-5-9-10-11-12-14-17(18)22-15-13-16-23(19-6-2,20-7-3)21-8-4/h5-16H2,1-4H3/p+1. The van der Waals surface area contributed by atoms with Gasteiger partial charge in [0.2, 0.25) is 0 Å². The summed E-state index contributed by atoms with van der Waals surface area (Å²) >= 11 is 1.56. The van der Waals surface area contributed by atoms with Crippen LogP contribution >= 0.6 is 11.8 Å². The summed E-state index contributed by atoms with van der Waals surface area (Å²) in [6.07, 6.45) is 7.90. The van der Waals surface area contributed by atoms with Gasteiger partial charge in [-0.1, -0.05) is 32.6 Å². The van der Waals surface area contributed by atoms with Crippen molar-refractivity contribution in [3.05, 3.63) is 0 Å². The molecular formula is C17H37O4SSi+. The zero-order valence-corrected chi connectivity index (χ0v) is 17.4. The summed E-state index contributed by atoms with van der Waals surface area (Å²) in [5, 5.41) is 0.568. The second kappa shape index (κ2) is 15.6. The van der Waals surface area contributed by atoms with Crippen molar-refractivity contribution >= 4 is 25.7 Å². The van der Waals surface area contributed by atoms with E-state index in [2.05, 4.69) is 6.92 Å². The van der Waals surface area contributed by atoms with Crippen molar-refractivity contribution in [1.82, 2.24) is 0 Å². The van der Waals surface area contributed by atoms with Gasteiger partial charge in [0.15, 0.2) is 0 Å². The second-order valence-electron chi connectivity index (χ2n) is 5.49. The number of thioether (sulfide) groups is 1. The first kappa shape index (κ1) is 23.1. The monoisotopic (exact) mass is 365 g/mol. The van der Waals surface area contributed by atoms with Crippen LogP contribution in [0, 0.1) is 0 Å². The van der Waals surface area contributed by atoms with Crippen LogP contribution in [0.3, 0.4) is 0 Å². The Morgan fingerprint density at radius 3 is 1.91 bits per heavy atom. The zero-order valence-electron chi connectivity index (χ0n) is 15.6. The van der Waals surface area contributed by atoms with Crippen molar-refractivity contribution in [2.24, 2.45) is 0 Å². The number of hydrogen-bond donors (Lipinski definition) is 0. The molecule has 0 aliphatic heterocycles. The lowest BCUT2D eigenvalue weighted by Crippen LogP contribution is -2.46. The van der Waals surface area contributed by atoms with E-state index in [9.17, 15) is 4.79 Å². The molecule has 4 nitrogen and oxygen atoms in total. The van der Waals surface area contributed by atoms with Gasteiger partial charge in [-0.15, -0.1) is 0 Å². The summed E-state index contributed by atoms with van der Waals surface area (Å²) in [6.45, 7) is 10.0. The fourth-order valence-corrected chi connectivity index (χ4v) is 6.11. The number of unbranched alkanes of at least 4 members (excludes halogenated alkanes) is 4. The Bertz CT molecular complexity index is 273. The Kier molecular flexibility index (Phi) is 15.7. The minimum Gasteiger partial charge on any atom is -0.374 e. The van der Waals surface area contributed by atoms with Crippen LogP contribution in [0.2, 0.25) is 6.04 Å². The molecule has 0 saturated carbocycles. The van der Waals surface area contributed by atoms with E-state index in [0.29, 0.717) is 24.9 Å². The number of carbonyl (C=O) groups excluding carboxylic acids is 1. The maximum absolute atomic E-state index is 9.94. The van der Waals surface area contributed by atoms with Crippen LogP contribution < -0.4 is 0 Å². The number of hydrogen-bond acceptors (Lipinski definition) is 4. The summed E-state index contributed by atoms with van der Waals surface area (Å²) in [6, 6.07) is 0.819. The Balaban J connectivity index is 3.93. The van der Waals surface area contributed by atoms with Crippen molar-refractivity contribution in [3.8, 4) is 0 Å². The van der Waals surface area contributed by atoms with Gasteiger partial charge in [-0.3, -0.25) is 4.79 Å². The topological polar surface area (TPSA) is 49.1 Å². The highest BCUT2D eigenvalue weighted by Crippen LogP contribution is 2.21. The zero-order chi connectivity index (χ0) is 17.4. The van der Waals surface area contributed by atoms with Crippen LogP contribution in [0.1, 0.15) is 72.6 Å². The highest BCUT2D eigenvalue weighted by Gasteiger charge is 2.39. The second-order valence-corrected chi connectivity index (χ2v) is 9.39. The van der Waals surface area contributed by atoms with Gasteiger partial charge in [-0.25, -0.2) is 0 Å². The van der Waals surface area contributed by atoms with Gasteiger partial charge in [0, 0.05) is 31.6 Å². The number of rotatable bonds is 16. The molecule has 6 heteroatoms. The molecule has 0 bridgehead atoms. The molecule has 0 spiro atoms. The average molecular weight is 366 g/mol. The molecule has 0 atom stereocenters. The van der Waals surface area contributed by atoms with Gasteiger partial charge >= 0.3 is 13.9 Å². The van der Waals surface area contributed by atoms with E-state index in [1.807, 2.05) is 20.8 Å². The van der Waals surface area contributed by atoms with Crippen LogP contribution in [0.25, 0.3) is 0 Å². The first-order valence-corrected chi connectivity index (χ1v) is 12.1. The van der Waals surface area contributed by atoms with Crippen LogP contribution in [0.4, 0.5) is 0 Å². The lowest BCUT2D eigenvalue weighted by Gasteiger charge is -2.28. The van der Waals surface area contributed by atoms with E-state index < -0.39 is 8.80 Å². The molecule has 0 aromatic carbocycles. The molecule has 0 heterocycles. The Labute approximate surface area is 148 Å². The molecule has 0 fully saturated rings. The largest absolute Gasteiger partial charge is 0.500 e. The summed E-state index contributed by atoms with van der Waals surface area (Å²) in [5.74, 6) is 0.892. The summed E-state index contributed by atoms with van der Waals surface area (Å²) in [5.41, 5.74) is 0. The molecule has 23 heavy (non-hydrogen) atoms. The molecule has 0 radical (unpaired) electrons. The van der Waals surface area contributed by atoms with Gasteiger partial charge in [0.25, 0.3) is 0 Å². The molecule has 0 aliphatic rings. The third-order valence-electron chi connectivity index (χ3n) is 3.48. The Morgan fingerprint density at radius 2 is 1.39 bits per heavy atom. The summed E-state index contributed by atoms with van der Waals surface area (Å²) in [4.78, 5) is 9.94. The summed E-state index contributed by atoms with van der Waals surface area (Å²) < 4.78 is 17.5. The van der Waals surface area contributed by atoms with Gasteiger partial charge in [0.05, 0.1) is 6.42 Å². The normalized spacial score (nSPS) is 11.8. The third kappa shape index (κ3) is 12.2. The molecule has 0 saturated heterocycles. The van der Waals surface area contributed by atoms with Gasteiger partial charge < -0.3 is 13.3 Å². The van der Waals surface area contributed by atoms with E-state index in [4.69, 9.17) is 13.3 Å². The van der Waals surface area contributed by atoms with Crippen LogP contribution in [-0.2, 0) is 13.3 Å². The lowest BCUT2D eigenvalue weighted by atomic mass is 10.1. The van der Waals surface area contributed by atoms with Crippen LogP contribution in [0.5, 0.6) is 0 Å². The van der Waals surface area contributed by atoms with E-state index >= 15 is 0 Å². The minimum atomic E-state index is -2.51. The Morgan fingerprint density at radius 1 is 0.826 bits per heavy atom. The van der Waals surface area contributed by atoms with E-state index in [1.165, 1.54) is 25.7 Å². The van der Waals surface area contributed by atoms with Gasteiger partial charge in [-0.05, 0) is 45.4 Å². The fraction of sp³-hybridized carbons (Fsp3) is 0.941. The van der Waals surface area contributed by atoms with E-state index in [-0.39, 0.29) is 0 Å². The highest BCUT2D eigenvalue weighted by molar-refractivity contribution is 8.13. The molecule has 0 aliphatic carbocycles. The highest BCUT2D eigenvalue weighted by atomic mass is 32.2. The van der Waals surface area contributed by atoms with Crippen LogP contribution in [-0.4, -0.2) is 44.3 Å². The molecule has 0 aromatic rings. The maximum atomic E-state index is 9.94. The molecule has 0 aromatic heterocycles. The third-order valence-corrected chi connectivity index (χ3v) is 7.66. The summed E-state index contributed by atoms with van der Waals surface area (Å²) in [7, 11) is -2.51. The Hall–Kier alpha value is 0.117. The average Bonchev–Trinajstić information content (AvgIpc) is 2.52. The van der Waals surface area contributed by atoms with Crippen molar-refractivity contribution in [2.45, 2.75) is 78.7 Å². The first-order chi connectivity index (χ1) is 11.1. The molecule has 0 rings (SSSR count). The maximum Gasteiger partial charge on any atom is 0.500 e. The van der Waals surface area contributed by atoms with Crippen LogP contribution in [0.15, 0.2) is 0 Å². The van der Waals surface area contributed by atoms with Crippen molar-refractivity contribution in [3.63, 3.8) is 0 Å². The molecule has 138 valence electrons. The van der Waals surface area contributed by atoms with Crippen molar-refractivity contribution in [2.75, 3.05) is 25.6 Å². The predicted octanol–water partition coefficient (Wildman–Crippen LogP) is 5.02.